The average Bonchev–Trinajstić information content (AvgIpc) is 2.72. The molecule has 7 nitrogen and oxygen atoms in total. The lowest BCUT2D eigenvalue weighted by molar-refractivity contribution is -0.127. The Kier molecular flexibility index (Phi) is 6.12. The quantitative estimate of drug-likeness (QED) is 0.457. The van der Waals surface area contributed by atoms with E-state index in [0.29, 0.717) is 33.2 Å². The van der Waals surface area contributed by atoms with Crippen molar-refractivity contribution >= 4 is 28.6 Å². The van der Waals surface area contributed by atoms with Crippen LogP contribution in [0.3, 0.4) is 0 Å². The zero-order valence-corrected chi connectivity index (χ0v) is 17.8. The van der Waals surface area contributed by atoms with Crippen molar-refractivity contribution < 1.29 is 14.3 Å². The highest BCUT2D eigenvalue weighted by atomic mass is 32.2. The summed E-state index contributed by atoms with van der Waals surface area (Å²) >= 11 is 1.24. The number of carbonyl (C=O) groups excluding carboxylic acids is 1. The summed E-state index contributed by atoms with van der Waals surface area (Å²) in [5, 5.41) is 0.520. The standard InChI is InChI=1S/C21H23N3O4S/c1-13(19(25)23(2)3)29-21-22-16-9-7-6-8-15(16)20(26)24(21)14-10-11-17(27-4)18(12-14)28-5/h6-13H,1-5H3/t13-/m0/s1. The fourth-order valence-corrected chi connectivity index (χ4v) is 4.03. The van der Waals surface area contributed by atoms with Crippen molar-refractivity contribution in [1.82, 2.24) is 14.5 Å². The van der Waals surface area contributed by atoms with E-state index in [1.165, 1.54) is 28.3 Å². The average molecular weight is 413 g/mol. The number of methoxy groups -OCH3 is 2. The van der Waals surface area contributed by atoms with Gasteiger partial charge in [0.1, 0.15) is 0 Å². The van der Waals surface area contributed by atoms with E-state index in [-0.39, 0.29) is 11.5 Å². The lowest BCUT2D eigenvalue weighted by Crippen LogP contribution is -2.31. The Morgan fingerprint density at radius 2 is 1.79 bits per heavy atom. The molecular weight excluding hydrogens is 390 g/mol. The Morgan fingerprint density at radius 1 is 1.10 bits per heavy atom. The van der Waals surface area contributed by atoms with Crippen LogP contribution in [0, 0.1) is 0 Å². The predicted octanol–water partition coefficient (Wildman–Crippen LogP) is 2.97. The highest BCUT2D eigenvalue weighted by Crippen LogP contribution is 2.31. The maximum Gasteiger partial charge on any atom is 0.266 e. The van der Waals surface area contributed by atoms with Crippen LogP contribution in [0.25, 0.3) is 16.6 Å². The van der Waals surface area contributed by atoms with Gasteiger partial charge in [0, 0.05) is 20.2 Å². The van der Waals surface area contributed by atoms with Crippen molar-refractivity contribution in [1.29, 1.82) is 0 Å². The minimum Gasteiger partial charge on any atom is -0.493 e. The number of aromatic nitrogens is 2. The number of hydrogen-bond donors (Lipinski definition) is 0. The summed E-state index contributed by atoms with van der Waals surface area (Å²) in [5.41, 5.74) is 0.953. The van der Waals surface area contributed by atoms with E-state index in [1.807, 2.05) is 6.07 Å². The third-order valence-corrected chi connectivity index (χ3v) is 5.48. The van der Waals surface area contributed by atoms with Crippen molar-refractivity contribution in [3.63, 3.8) is 0 Å². The summed E-state index contributed by atoms with van der Waals surface area (Å²) in [6, 6.07) is 12.4. The van der Waals surface area contributed by atoms with Gasteiger partial charge in [0.15, 0.2) is 16.7 Å². The zero-order valence-electron chi connectivity index (χ0n) is 17.0. The van der Waals surface area contributed by atoms with Crippen LogP contribution < -0.4 is 15.0 Å². The lowest BCUT2D eigenvalue weighted by atomic mass is 10.2. The fourth-order valence-electron chi connectivity index (χ4n) is 2.96. The summed E-state index contributed by atoms with van der Waals surface area (Å²) in [7, 11) is 6.50. The van der Waals surface area contributed by atoms with Crippen LogP contribution in [0.4, 0.5) is 0 Å². The molecule has 0 spiro atoms. The lowest BCUT2D eigenvalue weighted by Gasteiger charge is -2.19. The number of amides is 1. The Balaban J connectivity index is 2.22. The van der Waals surface area contributed by atoms with E-state index in [2.05, 4.69) is 4.98 Å². The summed E-state index contributed by atoms with van der Waals surface area (Å²) in [6.45, 7) is 1.80. The van der Waals surface area contributed by atoms with Gasteiger partial charge in [-0.25, -0.2) is 4.98 Å². The Hall–Kier alpha value is -3.00. The van der Waals surface area contributed by atoms with Gasteiger partial charge in [0.05, 0.1) is 36.1 Å². The summed E-state index contributed by atoms with van der Waals surface area (Å²) < 4.78 is 12.2. The minimum absolute atomic E-state index is 0.0590. The molecule has 1 heterocycles. The normalized spacial score (nSPS) is 11.9. The highest BCUT2D eigenvalue weighted by Gasteiger charge is 2.22. The van der Waals surface area contributed by atoms with E-state index in [1.54, 1.807) is 64.5 Å². The van der Waals surface area contributed by atoms with Gasteiger partial charge < -0.3 is 14.4 Å². The molecule has 0 N–H and O–H groups in total. The van der Waals surface area contributed by atoms with E-state index in [9.17, 15) is 9.59 Å². The largest absolute Gasteiger partial charge is 0.493 e. The molecule has 3 aromatic rings. The molecule has 3 rings (SSSR count). The number of nitrogens with zero attached hydrogens (tertiary/aromatic N) is 3. The van der Waals surface area contributed by atoms with Gasteiger partial charge in [-0.05, 0) is 31.2 Å². The van der Waals surface area contributed by atoms with E-state index in [4.69, 9.17) is 9.47 Å². The topological polar surface area (TPSA) is 73.7 Å². The molecule has 0 radical (unpaired) electrons. The molecule has 0 aliphatic heterocycles. The second-order valence-electron chi connectivity index (χ2n) is 6.58. The second-order valence-corrected chi connectivity index (χ2v) is 7.89. The number of para-hydroxylation sites is 1. The SMILES string of the molecule is COc1ccc(-n2c(S[C@@H](C)C(=O)N(C)C)nc3ccccc3c2=O)cc1OC. The molecule has 0 unspecified atom stereocenters. The first-order valence-electron chi connectivity index (χ1n) is 8.99. The van der Waals surface area contributed by atoms with Crippen LogP contribution in [0.1, 0.15) is 6.92 Å². The molecule has 2 aromatic carbocycles. The second kappa shape index (κ2) is 8.57. The zero-order chi connectivity index (χ0) is 21.1. The summed E-state index contributed by atoms with van der Waals surface area (Å²) in [6.07, 6.45) is 0. The van der Waals surface area contributed by atoms with Gasteiger partial charge in [-0.15, -0.1) is 0 Å². The van der Waals surface area contributed by atoms with E-state index in [0.717, 1.165) is 0 Å². The number of fused-ring (bicyclic) bond motifs is 1. The molecule has 1 amide bonds. The number of rotatable bonds is 6. The molecular formula is C21H23N3O4S. The summed E-state index contributed by atoms with van der Waals surface area (Å²) in [5.74, 6) is 0.998. The predicted molar refractivity (Wildman–Crippen MR) is 114 cm³/mol. The molecule has 152 valence electrons. The number of ether oxygens (including phenoxy) is 2. The first kappa shape index (κ1) is 20.7. The van der Waals surface area contributed by atoms with Crippen LogP contribution in [-0.2, 0) is 4.79 Å². The van der Waals surface area contributed by atoms with E-state index < -0.39 is 5.25 Å². The molecule has 0 aliphatic rings. The molecule has 0 aliphatic carbocycles. The first-order valence-corrected chi connectivity index (χ1v) is 9.87. The van der Waals surface area contributed by atoms with Crippen molar-refractivity contribution in [3.8, 4) is 17.2 Å². The molecule has 0 bridgehead atoms. The van der Waals surface area contributed by atoms with Crippen molar-refractivity contribution in [3.05, 3.63) is 52.8 Å². The molecule has 8 heteroatoms. The van der Waals surface area contributed by atoms with Crippen molar-refractivity contribution in [2.24, 2.45) is 0 Å². The van der Waals surface area contributed by atoms with Crippen LogP contribution >= 0.6 is 11.8 Å². The van der Waals surface area contributed by atoms with Crippen molar-refractivity contribution in [2.75, 3.05) is 28.3 Å². The van der Waals surface area contributed by atoms with Crippen LogP contribution in [0.5, 0.6) is 11.5 Å². The molecule has 0 saturated carbocycles. The smallest absolute Gasteiger partial charge is 0.266 e. The molecule has 0 saturated heterocycles. The van der Waals surface area contributed by atoms with Gasteiger partial charge in [-0.3, -0.25) is 14.2 Å². The van der Waals surface area contributed by atoms with Crippen LogP contribution in [-0.4, -0.2) is 53.9 Å². The van der Waals surface area contributed by atoms with Gasteiger partial charge >= 0.3 is 0 Å². The number of carbonyl (C=O) groups is 1. The molecule has 29 heavy (non-hydrogen) atoms. The van der Waals surface area contributed by atoms with Gasteiger partial charge in [0.25, 0.3) is 5.56 Å². The maximum atomic E-state index is 13.3. The van der Waals surface area contributed by atoms with E-state index >= 15 is 0 Å². The molecule has 0 fully saturated rings. The van der Waals surface area contributed by atoms with Crippen LogP contribution in [0.15, 0.2) is 52.4 Å². The Bertz CT molecular complexity index is 1110. The number of hydrogen-bond acceptors (Lipinski definition) is 6. The van der Waals surface area contributed by atoms with Crippen molar-refractivity contribution in [2.45, 2.75) is 17.3 Å². The Morgan fingerprint density at radius 3 is 2.45 bits per heavy atom. The molecule has 1 atom stereocenters. The van der Waals surface area contributed by atoms with Gasteiger partial charge in [-0.2, -0.15) is 0 Å². The maximum absolute atomic E-state index is 13.3. The first-order chi connectivity index (χ1) is 13.9. The van der Waals surface area contributed by atoms with Crippen LogP contribution in [0.2, 0.25) is 0 Å². The summed E-state index contributed by atoms with van der Waals surface area (Å²) in [4.78, 5) is 31.9. The highest BCUT2D eigenvalue weighted by molar-refractivity contribution is 8.00. The third kappa shape index (κ3) is 4.07. The minimum atomic E-state index is -0.413. The monoisotopic (exact) mass is 413 g/mol. The Labute approximate surface area is 173 Å². The van der Waals surface area contributed by atoms with Gasteiger partial charge in [0.2, 0.25) is 5.91 Å². The van der Waals surface area contributed by atoms with Gasteiger partial charge in [-0.1, -0.05) is 23.9 Å². The number of thioether (sulfide) groups is 1. The fraction of sp³-hybridized carbons (Fsp3) is 0.286. The third-order valence-electron chi connectivity index (χ3n) is 4.44. The molecule has 1 aromatic heterocycles. The number of benzene rings is 2.